The summed E-state index contributed by atoms with van der Waals surface area (Å²) in [5.74, 6) is 2.00. The number of nitrogens with zero attached hydrogens (tertiary/aromatic N) is 2. The Hall–Kier alpha value is -0.440. The van der Waals surface area contributed by atoms with Gasteiger partial charge in [-0.1, -0.05) is 42.5 Å². The zero-order valence-corrected chi connectivity index (χ0v) is 14.3. The molecule has 0 radical (unpaired) electrons. The zero-order valence-electron chi connectivity index (χ0n) is 12.1. The van der Waals surface area contributed by atoms with E-state index in [1.165, 1.54) is 32.1 Å². The van der Waals surface area contributed by atoms with Crippen LogP contribution in [0.25, 0.3) is 11.0 Å². The van der Waals surface area contributed by atoms with Crippen LogP contribution in [0.2, 0.25) is 10.0 Å². The lowest BCUT2D eigenvalue weighted by Gasteiger charge is -2.30. The van der Waals surface area contributed by atoms with E-state index in [9.17, 15) is 0 Å². The molecular weight excluding hydrogens is 327 g/mol. The fourth-order valence-electron chi connectivity index (χ4n) is 3.52. The number of benzene rings is 1. The van der Waals surface area contributed by atoms with Crippen LogP contribution in [0.15, 0.2) is 12.1 Å². The van der Waals surface area contributed by atoms with Crippen molar-refractivity contribution in [3.63, 3.8) is 0 Å². The van der Waals surface area contributed by atoms with Crippen molar-refractivity contribution in [1.29, 1.82) is 0 Å². The van der Waals surface area contributed by atoms with Crippen molar-refractivity contribution in [3.05, 3.63) is 28.0 Å². The monoisotopic (exact) mass is 344 g/mol. The zero-order chi connectivity index (χ0) is 15.0. The molecule has 5 heteroatoms. The molecule has 1 aromatic heterocycles. The largest absolute Gasteiger partial charge is 0.324 e. The standard InChI is InChI=1S/C16H19Cl3N2/c1-10(11-5-3-2-4-6-11)21-15-8-13(19)12(18)7-14(15)20-16(21)9-17/h7-8,10-11H,2-6,9H2,1H3. The van der Waals surface area contributed by atoms with E-state index in [1.807, 2.05) is 12.1 Å². The molecule has 1 aromatic carbocycles. The third-order valence-corrected chi connectivity index (χ3v) is 5.62. The molecule has 1 aliphatic carbocycles. The maximum absolute atomic E-state index is 6.20. The van der Waals surface area contributed by atoms with Gasteiger partial charge in [0.25, 0.3) is 0 Å². The highest BCUT2D eigenvalue weighted by molar-refractivity contribution is 6.42. The molecule has 2 aromatic rings. The molecule has 0 spiro atoms. The molecular formula is C16H19Cl3N2. The number of hydrogen-bond donors (Lipinski definition) is 0. The first-order chi connectivity index (χ1) is 10.1. The van der Waals surface area contributed by atoms with Crippen molar-refractivity contribution in [2.75, 3.05) is 0 Å². The van der Waals surface area contributed by atoms with Gasteiger partial charge in [-0.3, -0.25) is 0 Å². The Morgan fingerprint density at radius 3 is 2.52 bits per heavy atom. The third kappa shape index (κ3) is 2.91. The predicted octanol–water partition coefficient (Wildman–Crippen LogP) is 6.22. The Kier molecular flexibility index (Phi) is 4.68. The van der Waals surface area contributed by atoms with Crippen molar-refractivity contribution >= 4 is 45.8 Å². The Balaban J connectivity index is 2.08. The molecule has 1 aliphatic rings. The average molecular weight is 346 g/mol. The molecule has 1 heterocycles. The highest BCUT2D eigenvalue weighted by Gasteiger charge is 2.25. The number of rotatable bonds is 3. The van der Waals surface area contributed by atoms with Gasteiger partial charge < -0.3 is 4.57 Å². The fraction of sp³-hybridized carbons (Fsp3) is 0.562. The lowest BCUT2D eigenvalue weighted by molar-refractivity contribution is 0.265. The normalized spacial score (nSPS) is 18.3. The number of aromatic nitrogens is 2. The van der Waals surface area contributed by atoms with E-state index in [0.29, 0.717) is 27.9 Å². The summed E-state index contributed by atoms with van der Waals surface area (Å²) in [4.78, 5) is 4.64. The van der Waals surface area contributed by atoms with E-state index in [4.69, 9.17) is 34.8 Å². The molecule has 0 amide bonds. The van der Waals surface area contributed by atoms with E-state index < -0.39 is 0 Å². The summed E-state index contributed by atoms with van der Waals surface area (Å²) in [7, 11) is 0. The highest BCUT2D eigenvalue weighted by Crippen LogP contribution is 2.37. The molecule has 0 saturated heterocycles. The van der Waals surface area contributed by atoms with Crippen LogP contribution in [-0.2, 0) is 5.88 Å². The second-order valence-electron chi connectivity index (χ2n) is 5.93. The SMILES string of the molecule is CC(C1CCCCC1)n1c(CCl)nc2cc(Cl)c(Cl)cc21. The van der Waals surface area contributed by atoms with Crippen molar-refractivity contribution in [1.82, 2.24) is 9.55 Å². The van der Waals surface area contributed by atoms with Crippen LogP contribution in [0.5, 0.6) is 0 Å². The number of alkyl halides is 1. The van der Waals surface area contributed by atoms with Gasteiger partial charge in [0, 0.05) is 6.04 Å². The Labute approximate surface area is 140 Å². The van der Waals surface area contributed by atoms with Crippen molar-refractivity contribution in [2.24, 2.45) is 5.92 Å². The Bertz CT molecular complexity index is 644. The van der Waals surface area contributed by atoms with Crippen LogP contribution in [0, 0.1) is 5.92 Å². The van der Waals surface area contributed by atoms with Crippen molar-refractivity contribution < 1.29 is 0 Å². The van der Waals surface area contributed by atoms with Crippen LogP contribution in [-0.4, -0.2) is 9.55 Å². The van der Waals surface area contributed by atoms with Gasteiger partial charge in [0.15, 0.2) is 0 Å². The smallest absolute Gasteiger partial charge is 0.125 e. The maximum Gasteiger partial charge on any atom is 0.125 e. The molecule has 0 bridgehead atoms. The van der Waals surface area contributed by atoms with Gasteiger partial charge in [-0.25, -0.2) is 4.98 Å². The number of hydrogen-bond acceptors (Lipinski definition) is 1. The topological polar surface area (TPSA) is 17.8 Å². The average Bonchev–Trinajstić information content (AvgIpc) is 2.85. The van der Waals surface area contributed by atoms with Gasteiger partial charge in [0.2, 0.25) is 0 Å². The molecule has 0 N–H and O–H groups in total. The molecule has 1 saturated carbocycles. The van der Waals surface area contributed by atoms with E-state index in [-0.39, 0.29) is 0 Å². The number of halogens is 3. The molecule has 21 heavy (non-hydrogen) atoms. The first kappa shape index (κ1) is 15.5. The van der Waals surface area contributed by atoms with Gasteiger partial charge in [-0.05, 0) is 37.8 Å². The van der Waals surface area contributed by atoms with E-state index in [1.54, 1.807) is 0 Å². The summed E-state index contributed by atoms with van der Waals surface area (Å²) < 4.78 is 2.26. The number of imidazole rings is 1. The molecule has 114 valence electrons. The molecule has 1 unspecified atom stereocenters. The van der Waals surface area contributed by atoms with Crippen molar-refractivity contribution in [2.45, 2.75) is 50.9 Å². The van der Waals surface area contributed by atoms with Gasteiger partial charge in [-0.2, -0.15) is 0 Å². The van der Waals surface area contributed by atoms with Crippen molar-refractivity contribution in [3.8, 4) is 0 Å². The van der Waals surface area contributed by atoms with Crippen LogP contribution in [0.3, 0.4) is 0 Å². The lowest BCUT2D eigenvalue weighted by Crippen LogP contribution is -2.20. The quantitative estimate of drug-likeness (QED) is 0.603. The summed E-state index contributed by atoms with van der Waals surface area (Å²) >= 11 is 18.4. The van der Waals surface area contributed by atoms with Crippen LogP contribution in [0.1, 0.15) is 50.9 Å². The summed E-state index contributed by atoms with van der Waals surface area (Å²) in [6.45, 7) is 2.27. The minimum atomic E-state index is 0.390. The summed E-state index contributed by atoms with van der Waals surface area (Å²) in [5.41, 5.74) is 1.92. The van der Waals surface area contributed by atoms with E-state index >= 15 is 0 Å². The third-order valence-electron chi connectivity index (χ3n) is 4.66. The predicted molar refractivity (Wildman–Crippen MR) is 90.6 cm³/mol. The lowest BCUT2D eigenvalue weighted by atomic mass is 9.84. The molecule has 1 fully saturated rings. The Morgan fingerprint density at radius 1 is 1.19 bits per heavy atom. The maximum atomic E-state index is 6.20. The molecule has 0 aliphatic heterocycles. The minimum Gasteiger partial charge on any atom is -0.324 e. The van der Waals surface area contributed by atoms with E-state index in [2.05, 4.69) is 16.5 Å². The number of fused-ring (bicyclic) bond motifs is 1. The van der Waals surface area contributed by atoms with Gasteiger partial charge >= 0.3 is 0 Å². The minimum absolute atomic E-state index is 0.390. The first-order valence-electron chi connectivity index (χ1n) is 7.53. The molecule has 1 atom stereocenters. The van der Waals surface area contributed by atoms with Crippen LogP contribution >= 0.6 is 34.8 Å². The second kappa shape index (κ2) is 6.36. The van der Waals surface area contributed by atoms with Gasteiger partial charge in [0.05, 0.1) is 27.0 Å². The fourth-order valence-corrected chi connectivity index (χ4v) is 4.02. The molecule has 3 rings (SSSR count). The molecule has 2 nitrogen and oxygen atoms in total. The van der Waals surface area contributed by atoms with Gasteiger partial charge in [-0.15, -0.1) is 11.6 Å². The van der Waals surface area contributed by atoms with Crippen LogP contribution in [0.4, 0.5) is 0 Å². The van der Waals surface area contributed by atoms with Crippen LogP contribution < -0.4 is 0 Å². The highest BCUT2D eigenvalue weighted by atomic mass is 35.5. The summed E-state index contributed by atoms with van der Waals surface area (Å²) in [5, 5.41) is 1.11. The summed E-state index contributed by atoms with van der Waals surface area (Å²) in [6, 6.07) is 4.14. The second-order valence-corrected chi connectivity index (χ2v) is 7.01. The van der Waals surface area contributed by atoms with E-state index in [0.717, 1.165) is 16.9 Å². The summed E-state index contributed by atoms with van der Waals surface area (Å²) in [6.07, 6.45) is 6.57. The van der Waals surface area contributed by atoms with Gasteiger partial charge in [0.1, 0.15) is 5.82 Å². The first-order valence-corrected chi connectivity index (χ1v) is 8.82. The Morgan fingerprint density at radius 2 is 1.86 bits per heavy atom.